The van der Waals surface area contributed by atoms with E-state index in [-0.39, 0.29) is 19.0 Å². The van der Waals surface area contributed by atoms with Crippen LogP contribution in [0.15, 0.2) is 48.5 Å². The molecule has 0 aliphatic rings. The van der Waals surface area contributed by atoms with Gasteiger partial charge in [-0.3, -0.25) is 4.79 Å². The highest BCUT2D eigenvalue weighted by molar-refractivity contribution is 7.88. The highest BCUT2D eigenvalue weighted by Gasteiger charge is 2.17. The third kappa shape index (κ3) is 6.37. The van der Waals surface area contributed by atoms with Crippen LogP contribution in [0.5, 0.6) is 5.75 Å². The molecule has 7 heteroatoms. The van der Waals surface area contributed by atoms with Crippen LogP contribution < -0.4 is 10.1 Å². The summed E-state index contributed by atoms with van der Waals surface area (Å²) in [4.78, 5) is 12.3. The molecular formula is C20H26N2O4S. The molecule has 0 bridgehead atoms. The van der Waals surface area contributed by atoms with Crippen molar-refractivity contribution >= 4 is 15.9 Å². The quantitative estimate of drug-likeness (QED) is 0.712. The number of rotatable bonds is 9. The van der Waals surface area contributed by atoms with Gasteiger partial charge in [0.1, 0.15) is 5.75 Å². The summed E-state index contributed by atoms with van der Waals surface area (Å²) in [5.41, 5.74) is 2.47. The fourth-order valence-corrected chi connectivity index (χ4v) is 3.59. The second-order valence-corrected chi connectivity index (χ2v) is 8.32. The molecule has 0 spiro atoms. The van der Waals surface area contributed by atoms with Crippen molar-refractivity contribution in [2.24, 2.45) is 0 Å². The lowest BCUT2D eigenvalue weighted by molar-refractivity contribution is 0.0951. The number of aryl methyl sites for hydroxylation is 1. The summed E-state index contributed by atoms with van der Waals surface area (Å²) in [6, 6.07) is 14.8. The fraction of sp³-hybridized carbons (Fsp3) is 0.350. The van der Waals surface area contributed by atoms with Crippen LogP contribution in [0.3, 0.4) is 0 Å². The first-order valence-electron chi connectivity index (χ1n) is 8.73. The standard InChI is InChI=1S/C20H26N2O4S/c1-16-7-4-5-10-19(16)20(23)21-12-14-22(27(3,24)25)13-11-17-8-6-9-18(15-17)26-2/h4-10,15H,11-14H2,1-3H3,(H,21,23). The van der Waals surface area contributed by atoms with E-state index in [0.717, 1.165) is 16.9 Å². The number of nitrogens with zero attached hydrogens (tertiary/aromatic N) is 1. The molecule has 0 saturated heterocycles. The maximum Gasteiger partial charge on any atom is 0.251 e. The van der Waals surface area contributed by atoms with Crippen molar-refractivity contribution in [3.63, 3.8) is 0 Å². The Kier molecular flexibility index (Phi) is 7.38. The van der Waals surface area contributed by atoms with Crippen molar-refractivity contribution in [1.82, 2.24) is 9.62 Å². The monoisotopic (exact) mass is 390 g/mol. The smallest absolute Gasteiger partial charge is 0.251 e. The minimum atomic E-state index is -3.37. The maximum absolute atomic E-state index is 12.3. The average Bonchev–Trinajstić information content (AvgIpc) is 2.63. The van der Waals surface area contributed by atoms with E-state index in [9.17, 15) is 13.2 Å². The molecule has 0 atom stereocenters. The molecule has 6 nitrogen and oxygen atoms in total. The van der Waals surface area contributed by atoms with Crippen LogP contribution in [0.1, 0.15) is 21.5 Å². The molecule has 146 valence electrons. The number of hydrogen-bond donors (Lipinski definition) is 1. The first-order valence-corrected chi connectivity index (χ1v) is 10.6. The first kappa shape index (κ1) is 20.9. The van der Waals surface area contributed by atoms with Gasteiger partial charge in [0.05, 0.1) is 13.4 Å². The third-order valence-electron chi connectivity index (χ3n) is 4.29. The molecule has 27 heavy (non-hydrogen) atoms. The maximum atomic E-state index is 12.3. The molecule has 0 aliphatic heterocycles. The Bertz CT molecular complexity index is 881. The summed E-state index contributed by atoms with van der Waals surface area (Å²) in [7, 11) is -1.77. The van der Waals surface area contributed by atoms with Crippen molar-refractivity contribution in [1.29, 1.82) is 0 Å². The molecular weight excluding hydrogens is 364 g/mol. The molecule has 0 heterocycles. The van der Waals surface area contributed by atoms with Crippen molar-refractivity contribution in [3.05, 3.63) is 65.2 Å². The van der Waals surface area contributed by atoms with E-state index < -0.39 is 10.0 Å². The largest absolute Gasteiger partial charge is 0.497 e. The Balaban J connectivity index is 1.93. The summed E-state index contributed by atoms with van der Waals surface area (Å²) in [6.45, 7) is 2.68. The summed E-state index contributed by atoms with van der Waals surface area (Å²) in [5, 5.41) is 2.79. The van der Waals surface area contributed by atoms with Gasteiger partial charge >= 0.3 is 0 Å². The molecule has 0 saturated carbocycles. The lowest BCUT2D eigenvalue weighted by atomic mass is 10.1. The predicted octanol–water partition coefficient (Wildman–Crippen LogP) is 2.24. The summed E-state index contributed by atoms with van der Waals surface area (Å²) >= 11 is 0. The molecule has 1 N–H and O–H groups in total. The Labute approximate surface area is 161 Å². The Morgan fingerprint density at radius 3 is 2.52 bits per heavy atom. The number of sulfonamides is 1. The van der Waals surface area contributed by atoms with Gasteiger partial charge < -0.3 is 10.1 Å². The number of carbonyl (C=O) groups is 1. The number of amides is 1. The van der Waals surface area contributed by atoms with Crippen molar-refractivity contribution in [2.75, 3.05) is 33.0 Å². The molecule has 0 fully saturated rings. The second-order valence-electron chi connectivity index (χ2n) is 6.33. The Morgan fingerprint density at radius 1 is 1.11 bits per heavy atom. The first-order chi connectivity index (χ1) is 12.8. The summed E-state index contributed by atoms with van der Waals surface area (Å²) < 4.78 is 30.7. The van der Waals surface area contributed by atoms with Crippen LogP contribution in [0.2, 0.25) is 0 Å². The highest BCUT2D eigenvalue weighted by Crippen LogP contribution is 2.14. The molecule has 0 aromatic heterocycles. The van der Waals surface area contributed by atoms with Gasteiger partial charge in [0.2, 0.25) is 10.0 Å². The van der Waals surface area contributed by atoms with Gasteiger partial charge in [0.25, 0.3) is 5.91 Å². The van der Waals surface area contributed by atoms with Gasteiger partial charge in [-0.15, -0.1) is 0 Å². The zero-order valence-electron chi connectivity index (χ0n) is 15.9. The van der Waals surface area contributed by atoms with E-state index in [1.807, 2.05) is 43.3 Å². The van der Waals surface area contributed by atoms with E-state index in [1.54, 1.807) is 19.2 Å². The molecule has 1 amide bonds. The molecule has 0 aliphatic carbocycles. The normalized spacial score (nSPS) is 11.4. The highest BCUT2D eigenvalue weighted by atomic mass is 32.2. The van der Waals surface area contributed by atoms with Gasteiger partial charge in [-0.2, -0.15) is 0 Å². The van der Waals surface area contributed by atoms with E-state index in [0.29, 0.717) is 18.5 Å². The minimum absolute atomic E-state index is 0.200. The molecule has 0 radical (unpaired) electrons. The van der Waals surface area contributed by atoms with Crippen molar-refractivity contribution in [3.8, 4) is 5.75 Å². The van der Waals surface area contributed by atoms with Gasteiger partial charge in [-0.05, 0) is 42.7 Å². The van der Waals surface area contributed by atoms with E-state index in [4.69, 9.17) is 4.74 Å². The lowest BCUT2D eigenvalue weighted by Crippen LogP contribution is -2.39. The average molecular weight is 391 g/mol. The zero-order chi connectivity index (χ0) is 19.9. The summed E-state index contributed by atoms with van der Waals surface area (Å²) in [6.07, 6.45) is 1.75. The number of carbonyl (C=O) groups excluding carboxylic acids is 1. The molecule has 2 rings (SSSR count). The van der Waals surface area contributed by atoms with Crippen molar-refractivity contribution < 1.29 is 17.9 Å². The topological polar surface area (TPSA) is 75.7 Å². The number of methoxy groups -OCH3 is 1. The van der Waals surface area contributed by atoms with Gasteiger partial charge in [-0.25, -0.2) is 12.7 Å². The van der Waals surface area contributed by atoms with E-state index in [2.05, 4.69) is 5.32 Å². The van der Waals surface area contributed by atoms with Crippen LogP contribution in [0.25, 0.3) is 0 Å². The SMILES string of the molecule is COc1cccc(CCN(CCNC(=O)c2ccccc2C)S(C)(=O)=O)c1. The molecule has 2 aromatic carbocycles. The van der Waals surface area contributed by atoms with Crippen molar-refractivity contribution in [2.45, 2.75) is 13.3 Å². The van der Waals surface area contributed by atoms with Crippen LogP contribution in [0.4, 0.5) is 0 Å². The number of nitrogens with one attached hydrogen (secondary N) is 1. The minimum Gasteiger partial charge on any atom is -0.497 e. The van der Waals surface area contributed by atoms with Crippen LogP contribution in [-0.2, 0) is 16.4 Å². The number of hydrogen-bond acceptors (Lipinski definition) is 4. The number of ether oxygens (including phenoxy) is 1. The van der Waals surface area contributed by atoms with E-state index in [1.165, 1.54) is 10.6 Å². The van der Waals surface area contributed by atoms with Crippen LogP contribution in [0, 0.1) is 6.92 Å². The second kappa shape index (κ2) is 9.53. The molecule has 2 aromatic rings. The van der Waals surface area contributed by atoms with Gasteiger partial charge in [0.15, 0.2) is 0 Å². The summed E-state index contributed by atoms with van der Waals surface area (Å²) in [5.74, 6) is 0.540. The predicted molar refractivity (Wildman–Crippen MR) is 107 cm³/mol. The molecule has 0 unspecified atom stereocenters. The number of benzene rings is 2. The van der Waals surface area contributed by atoms with E-state index >= 15 is 0 Å². The van der Waals surface area contributed by atoms with Crippen LogP contribution in [-0.4, -0.2) is 51.6 Å². The fourth-order valence-electron chi connectivity index (χ4n) is 2.74. The Morgan fingerprint density at radius 2 is 1.85 bits per heavy atom. The van der Waals surface area contributed by atoms with Crippen LogP contribution >= 0.6 is 0 Å². The third-order valence-corrected chi connectivity index (χ3v) is 5.59. The lowest BCUT2D eigenvalue weighted by Gasteiger charge is -2.20. The van der Waals surface area contributed by atoms with Gasteiger partial charge in [0, 0.05) is 25.2 Å². The zero-order valence-corrected chi connectivity index (χ0v) is 16.8. The van der Waals surface area contributed by atoms with Gasteiger partial charge in [-0.1, -0.05) is 30.3 Å². The Hall–Kier alpha value is -2.38.